The summed E-state index contributed by atoms with van der Waals surface area (Å²) in [6.45, 7) is 1.07. The number of hydrogen-bond donors (Lipinski definition) is 2. The molecule has 30 heavy (non-hydrogen) atoms. The van der Waals surface area contributed by atoms with Gasteiger partial charge in [-0.15, -0.1) is 0 Å². The minimum atomic E-state index is -1.13. The Morgan fingerprint density at radius 2 is 1.93 bits per heavy atom. The number of aliphatic hydroxyl groups is 2. The molecule has 0 aromatic heterocycles. The van der Waals surface area contributed by atoms with E-state index < -0.39 is 35.7 Å². The van der Waals surface area contributed by atoms with Gasteiger partial charge in [-0.1, -0.05) is 6.07 Å². The van der Waals surface area contributed by atoms with Gasteiger partial charge in [0.25, 0.3) is 0 Å². The van der Waals surface area contributed by atoms with Gasteiger partial charge in [0.1, 0.15) is 24.8 Å². The number of ether oxygens (including phenoxy) is 1. The van der Waals surface area contributed by atoms with Crippen LogP contribution in [0.25, 0.3) is 17.2 Å². The maximum atomic E-state index is 13.9. The molecule has 0 aliphatic heterocycles. The minimum absolute atomic E-state index is 0.0778. The Morgan fingerprint density at radius 3 is 2.57 bits per heavy atom. The summed E-state index contributed by atoms with van der Waals surface area (Å²) in [6.07, 6.45) is 2.36. The van der Waals surface area contributed by atoms with Gasteiger partial charge >= 0.3 is 5.97 Å². The molecule has 2 aromatic rings. The second-order valence-corrected chi connectivity index (χ2v) is 8.45. The highest BCUT2D eigenvalue weighted by Gasteiger charge is 2.26. The van der Waals surface area contributed by atoms with Crippen LogP contribution in [-0.2, 0) is 20.7 Å². The number of halogens is 1. The van der Waals surface area contributed by atoms with Gasteiger partial charge in [0.15, 0.2) is 4.90 Å². The molecule has 3 rings (SSSR count). The van der Waals surface area contributed by atoms with E-state index >= 15 is 0 Å². The van der Waals surface area contributed by atoms with E-state index in [2.05, 4.69) is 0 Å². The van der Waals surface area contributed by atoms with Crippen LogP contribution >= 0.6 is 0 Å². The number of esters is 1. The van der Waals surface area contributed by atoms with E-state index in [0.29, 0.717) is 11.1 Å². The lowest BCUT2D eigenvalue weighted by atomic mass is 10.0. The monoisotopic (exact) mass is 430 g/mol. The van der Waals surface area contributed by atoms with E-state index in [4.69, 9.17) is 9.84 Å². The summed E-state index contributed by atoms with van der Waals surface area (Å²) in [6, 6.07) is 11.8. The third kappa shape index (κ3) is 4.99. The van der Waals surface area contributed by atoms with Gasteiger partial charge in [0.2, 0.25) is 0 Å². The summed E-state index contributed by atoms with van der Waals surface area (Å²) in [7, 11) is 0. The van der Waals surface area contributed by atoms with Crippen molar-refractivity contribution in [2.75, 3.05) is 19.5 Å². The van der Waals surface area contributed by atoms with Crippen molar-refractivity contribution in [1.29, 1.82) is 0 Å². The summed E-state index contributed by atoms with van der Waals surface area (Å²) >= 11 is -1.06. The van der Waals surface area contributed by atoms with Crippen molar-refractivity contribution < 1.29 is 28.7 Å². The zero-order valence-corrected chi connectivity index (χ0v) is 17.5. The molecule has 7 heteroatoms. The molecule has 5 nitrogen and oxygen atoms in total. The maximum absolute atomic E-state index is 13.9. The maximum Gasteiger partial charge on any atom is 0.310 e. The number of rotatable bonds is 7. The van der Waals surface area contributed by atoms with Gasteiger partial charge in [-0.05, 0) is 94.0 Å². The van der Waals surface area contributed by atoms with Gasteiger partial charge in [0, 0.05) is 0 Å². The third-order valence-corrected chi connectivity index (χ3v) is 5.88. The zero-order valence-electron chi connectivity index (χ0n) is 16.7. The molecule has 2 unspecified atom stereocenters. The lowest BCUT2D eigenvalue weighted by Crippen LogP contribution is -2.22. The number of benzene rings is 2. The summed E-state index contributed by atoms with van der Waals surface area (Å²) in [5.74, 6) is -0.970. The average Bonchev–Trinajstić information content (AvgIpc) is 2.97. The molecule has 2 N–H and O–H groups in total. The number of aliphatic hydroxyl groups excluding tert-OH is 2. The molecule has 0 amide bonds. The van der Waals surface area contributed by atoms with Crippen molar-refractivity contribution in [1.82, 2.24) is 0 Å². The normalized spacial score (nSPS) is 16.5. The quantitative estimate of drug-likeness (QED) is 0.520. The van der Waals surface area contributed by atoms with Crippen LogP contribution in [0.2, 0.25) is 0 Å². The molecule has 1 aliphatic carbocycles. The predicted octanol–water partition coefficient (Wildman–Crippen LogP) is 3.18. The van der Waals surface area contributed by atoms with E-state index in [1.165, 1.54) is 12.1 Å². The standard InChI is InChI=1S/C23H23FO5S/c1-14-20(9-15-3-6-18(7-4-15)30(2)28)19-8-5-16(24)10-22(19)21(14)11-23(27)29-13-17(26)12-25/h3-10,17,25-26H,11-13H2,1-2H3/b20-9+. The van der Waals surface area contributed by atoms with Gasteiger partial charge in [-0.2, -0.15) is 0 Å². The van der Waals surface area contributed by atoms with E-state index in [1.807, 2.05) is 25.1 Å². The van der Waals surface area contributed by atoms with Crippen molar-refractivity contribution in [3.8, 4) is 0 Å². The number of carbonyl (C=O) groups excluding carboxylic acids is 1. The molecule has 0 fully saturated rings. The van der Waals surface area contributed by atoms with Crippen LogP contribution in [0.4, 0.5) is 4.39 Å². The molecular weight excluding hydrogens is 407 g/mol. The SMILES string of the molecule is CC1=C(CC(=O)OCC(O)CO)c2cc(F)ccc2/C1=C/c1ccc([S+](C)[O-])cc1. The number of hydrogen-bond acceptors (Lipinski definition) is 5. The van der Waals surface area contributed by atoms with E-state index in [-0.39, 0.29) is 13.0 Å². The lowest BCUT2D eigenvalue weighted by molar-refractivity contribution is -0.146. The van der Waals surface area contributed by atoms with Crippen LogP contribution in [0.1, 0.15) is 30.0 Å². The van der Waals surface area contributed by atoms with E-state index in [9.17, 15) is 18.8 Å². The highest BCUT2D eigenvalue weighted by Crippen LogP contribution is 2.44. The molecule has 158 valence electrons. The smallest absolute Gasteiger partial charge is 0.310 e. The van der Waals surface area contributed by atoms with Gasteiger partial charge in [-0.25, -0.2) is 4.39 Å². The number of allylic oxidation sites excluding steroid dienone is 2. The highest BCUT2D eigenvalue weighted by molar-refractivity contribution is 7.90. The largest absolute Gasteiger partial charge is 0.612 e. The van der Waals surface area contributed by atoms with Crippen LogP contribution in [0, 0.1) is 5.82 Å². The first-order valence-electron chi connectivity index (χ1n) is 9.40. The van der Waals surface area contributed by atoms with Crippen molar-refractivity contribution >= 4 is 34.4 Å². The first-order valence-corrected chi connectivity index (χ1v) is 11.0. The second kappa shape index (κ2) is 9.57. The molecule has 0 bridgehead atoms. The molecule has 0 spiro atoms. The molecule has 2 aromatic carbocycles. The molecule has 0 heterocycles. The first kappa shape index (κ1) is 22.2. The van der Waals surface area contributed by atoms with Crippen LogP contribution in [0.5, 0.6) is 0 Å². The first-order chi connectivity index (χ1) is 14.3. The number of carbonyl (C=O) groups is 1. The Labute approximate surface area is 177 Å². The highest BCUT2D eigenvalue weighted by atomic mass is 32.2. The Balaban J connectivity index is 1.93. The Morgan fingerprint density at radius 1 is 1.23 bits per heavy atom. The molecule has 2 atom stereocenters. The summed E-state index contributed by atoms with van der Waals surface area (Å²) in [5, 5.41) is 18.2. The average molecular weight is 430 g/mol. The molecule has 1 aliphatic rings. The summed E-state index contributed by atoms with van der Waals surface area (Å²) in [5.41, 5.74) is 4.70. The fourth-order valence-electron chi connectivity index (χ4n) is 3.34. The third-order valence-electron chi connectivity index (χ3n) is 4.95. The van der Waals surface area contributed by atoms with Crippen molar-refractivity contribution in [2.45, 2.75) is 24.3 Å². The van der Waals surface area contributed by atoms with Gasteiger partial charge < -0.3 is 19.5 Å². The topological polar surface area (TPSA) is 89.8 Å². The van der Waals surface area contributed by atoms with Crippen LogP contribution in [0.15, 0.2) is 52.9 Å². The van der Waals surface area contributed by atoms with Crippen molar-refractivity contribution in [3.63, 3.8) is 0 Å². The Bertz CT molecular complexity index is 995. The van der Waals surface area contributed by atoms with Crippen LogP contribution in [-0.4, -0.2) is 46.3 Å². The van der Waals surface area contributed by atoms with Gasteiger partial charge in [-0.3, -0.25) is 4.79 Å². The molecule has 0 radical (unpaired) electrons. The van der Waals surface area contributed by atoms with Gasteiger partial charge in [0.05, 0.1) is 13.0 Å². The van der Waals surface area contributed by atoms with Crippen LogP contribution in [0.3, 0.4) is 0 Å². The number of fused-ring (bicyclic) bond motifs is 1. The molecule has 0 saturated heterocycles. The van der Waals surface area contributed by atoms with Crippen molar-refractivity contribution in [3.05, 3.63) is 70.5 Å². The Hall–Kier alpha value is -2.45. The Kier molecular flexibility index (Phi) is 7.10. The van der Waals surface area contributed by atoms with E-state index in [0.717, 1.165) is 27.2 Å². The van der Waals surface area contributed by atoms with E-state index in [1.54, 1.807) is 24.5 Å². The summed E-state index contributed by atoms with van der Waals surface area (Å²) in [4.78, 5) is 13.0. The summed E-state index contributed by atoms with van der Waals surface area (Å²) < 4.78 is 30.5. The lowest BCUT2D eigenvalue weighted by Gasteiger charge is -2.10. The van der Waals surface area contributed by atoms with Crippen LogP contribution < -0.4 is 0 Å². The molecular formula is C23H23FO5S. The fraction of sp³-hybridized carbons (Fsp3) is 0.261. The van der Waals surface area contributed by atoms with Crippen molar-refractivity contribution in [2.24, 2.45) is 0 Å². The fourth-order valence-corrected chi connectivity index (χ4v) is 3.86. The zero-order chi connectivity index (χ0) is 21.8. The predicted molar refractivity (Wildman–Crippen MR) is 114 cm³/mol. The minimum Gasteiger partial charge on any atom is -0.612 e. The molecule has 0 saturated carbocycles. The second-order valence-electron chi connectivity index (χ2n) is 7.07.